The van der Waals surface area contributed by atoms with E-state index in [0.29, 0.717) is 50.7 Å². The van der Waals surface area contributed by atoms with Crippen LogP contribution >= 0.6 is 0 Å². The minimum atomic E-state index is -0.678. The highest BCUT2D eigenvalue weighted by Crippen LogP contribution is 2.33. The Labute approximate surface area is 166 Å². The number of rotatable bonds is 6. The molecule has 2 N–H and O–H groups in total. The van der Waals surface area contributed by atoms with E-state index in [0.717, 1.165) is 6.41 Å². The molecule has 0 radical (unpaired) electrons. The summed E-state index contributed by atoms with van der Waals surface area (Å²) < 4.78 is 26.4. The smallest absolute Gasteiger partial charge is 0.256 e. The molecule has 1 saturated carbocycles. The molecule has 1 aliphatic carbocycles. The highest BCUT2D eigenvalue weighted by molar-refractivity contribution is 5.61. The first-order valence-electron chi connectivity index (χ1n) is 9.37. The van der Waals surface area contributed by atoms with E-state index in [1.54, 1.807) is 11.9 Å². The Bertz CT molecular complexity index is 871. The second-order valence-corrected chi connectivity index (χ2v) is 7.06. The number of aromatic nitrogens is 4. The lowest BCUT2D eigenvalue weighted by Crippen LogP contribution is -2.47. The predicted octanol–water partition coefficient (Wildman–Crippen LogP) is 0.490. The first kappa shape index (κ1) is 19.2. The second kappa shape index (κ2) is 8.11. The first-order valence-corrected chi connectivity index (χ1v) is 9.37. The maximum Gasteiger partial charge on any atom is 0.256 e. The van der Waals surface area contributed by atoms with E-state index < -0.39 is 5.82 Å². The number of anilines is 2. The lowest BCUT2D eigenvalue weighted by molar-refractivity contribution is -0.122. The molecule has 154 valence electrons. The molecule has 1 aliphatic heterocycles. The maximum atomic E-state index is 15.2. The predicted molar refractivity (Wildman–Crippen MR) is 102 cm³/mol. The minimum Gasteiger partial charge on any atom is -0.472 e. The van der Waals surface area contributed by atoms with Crippen molar-refractivity contribution < 1.29 is 18.7 Å². The molecule has 1 saturated heterocycles. The van der Waals surface area contributed by atoms with Gasteiger partial charge in [-0.15, -0.1) is 0 Å². The zero-order chi connectivity index (χ0) is 20.4. The lowest BCUT2D eigenvalue weighted by Gasteiger charge is -2.39. The summed E-state index contributed by atoms with van der Waals surface area (Å²) in [5.74, 6) is -0.349. The molecule has 4 rings (SSSR count). The summed E-state index contributed by atoms with van der Waals surface area (Å²) in [4.78, 5) is 30.9. The van der Waals surface area contributed by atoms with Crippen LogP contribution in [0.4, 0.5) is 16.3 Å². The van der Waals surface area contributed by atoms with Crippen LogP contribution < -0.4 is 15.4 Å². The van der Waals surface area contributed by atoms with E-state index in [1.807, 2.05) is 4.90 Å². The number of morpholine rings is 1. The summed E-state index contributed by atoms with van der Waals surface area (Å²) in [5.41, 5.74) is 5.97. The van der Waals surface area contributed by atoms with Gasteiger partial charge in [-0.25, -0.2) is 15.0 Å². The fourth-order valence-electron chi connectivity index (χ4n) is 3.26. The van der Waals surface area contributed by atoms with Crippen LogP contribution in [0.2, 0.25) is 0 Å². The van der Waals surface area contributed by atoms with Crippen molar-refractivity contribution in [2.45, 2.75) is 25.0 Å². The van der Waals surface area contributed by atoms with Gasteiger partial charge in [0.05, 0.1) is 13.2 Å². The third-order valence-electron chi connectivity index (χ3n) is 5.14. The molecule has 2 aromatic heterocycles. The number of hydrogen-bond donors (Lipinski definition) is 1. The van der Waals surface area contributed by atoms with Crippen molar-refractivity contribution in [1.82, 2.24) is 24.8 Å². The molecule has 2 fully saturated rings. The summed E-state index contributed by atoms with van der Waals surface area (Å²) >= 11 is 0. The average molecular weight is 403 g/mol. The molecular formula is C18H22FN7O3. The van der Waals surface area contributed by atoms with Gasteiger partial charge in [0.15, 0.2) is 0 Å². The van der Waals surface area contributed by atoms with E-state index in [1.165, 1.54) is 12.4 Å². The topological polar surface area (TPSA) is 120 Å². The Balaban J connectivity index is 1.63. The van der Waals surface area contributed by atoms with Gasteiger partial charge in [0.25, 0.3) is 5.88 Å². The highest BCUT2D eigenvalue weighted by atomic mass is 19.1. The van der Waals surface area contributed by atoms with Gasteiger partial charge in [-0.3, -0.25) is 4.79 Å². The van der Waals surface area contributed by atoms with Crippen LogP contribution in [0, 0.1) is 5.82 Å². The maximum absolute atomic E-state index is 15.2. The Morgan fingerprint density at radius 2 is 1.97 bits per heavy atom. The molecule has 10 nitrogen and oxygen atoms in total. The molecule has 29 heavy (non-hydrogen) atoms. The van der Waals surface area contributed by atoms with Crippen LogP contribution in [-0.4, -0.2) is 76.7 Å². The van der Waals surface area contributed by atoms with Crippen molar-refractivity contribution in [1.29, 1.82) is 0 Å². The van der Waals surface area contributed by atoms with Gasteiger partial charge in [-0.05, 0) is 0 Å². The number of carbonyl (C=O) groups excluding carboxylic acids is 1. The number of hydrogen-bond acceptors (Lipinski definition) is 9. The van der Waals surface area contributed by atoms with Crippen LogP contribution in [0.25, 0.3) is 11.3 Å². The standard InChI is InChI=1S/C18H22FN7O3/c1-25(10-27)12-6-13(7-12)29-16-14(19)15(11-8-21-17(20)22-9-11)23-18(24-16)26-2-4-28-5-3-26/h8-10,12-13H,2-7H2,1H3,(H2,20,21,22). The summed E-state index contributed by atoms with van der Waals surface area (Å²) in [6.07, 6.45) is 4.62. The van der Waals surface area contributed by atoms with Crippen molar-refractivity contribution in [3.8, 4) is 17.1 Å². The van der Waals surface area contributed by atoms with Gasteiger partial charge in [0.2, 0.25) is 24.1 Å². The summed E-state index contributed by atoms with van der Waals surface area (Å²) in [7, 11) is 1.72. The summed E-state index contributed by atoms with van der Waals surface area (Å²) in [6, 6.07) is 0.0890. The molecule has 1 amide bonds. The van der Waals surface area contributed by atoms with Crippen molar-refractivity contribution in [2.75, 3.05) is 44.0 Å². The molecule has 2 aliphatic rings. The number of nitrogens with zero attached hydrogens (tertiary/aromatic N) is 6. The van der Waals surface area contributed by atoms with Crippen molar-refractivity contribution in [3.05, 3.63) is 18.2 Å². The third kappa shape index (κ3) is 4.04. The van der Waals surface area contributed by atoms with E-state index in [4.69, 9.17) is 15.2 Å². The van der Waals surface area contributed by atoms with Gasteiger partial charge < -0.3 is 25.0 Å². The van der Waals surface area contributed by atoms with E-state index in [2.05, 4.69) is 19.9 Å². The first-order chi connectivity index (χ1) is 14.0. The molecule has 3 heterocycles. The minimum absolute atomic E-state index is 0.0531. The quantitative estimate of drug-likeness (QED) is 0.687. The fourth-order valence-corrected chi connectivity index (χ4v) is 3.26. The average Bonchev–Trinajstić information content (AvgIpc) is 2.72. The van der Waals surface area contributed by atoms with Gasteiger partial charge in [0, 0.05) is 57.0 Å². The van der Waals surface area contributed by atoms with E-state index >= 15 is 4.39 Å². The van der Waals surface area contributed by atoms with Crippen LogP contribution in [0.3, 0.4) is 0 Å². The number of ether oxygens (including phenoxy) is 2. The van der Waals surface area contributed by atoms with Crippen LogP contribution in [0.5, 0.6) is 5.88 Å². The van der Waals surface area contributed by atoms with Crippen molar-refractivity contribution >= 4 is 18.3 Å². The zero-order valence-corrected chi connectivity index (χ0v) is 16.0. The molecule has 0 aromatic carbocycles. The third-order valence-corrected chi connectivity index (χ3v) is 5.14. The lowest BCUT2D eigenvalue weighted by atomic mass is 9.88. The summed E-state index contributed by atoms with van der Waals surface area (Å²) in [6.45, 7) is 2.27. The largest absolute Gasteiger partial charge is 0.472 e. The Morgan fingerprint density at radius 1 is 1.28 bits per heavy atom. The van der Waals surface area contributed by atoms with Gasteiger partial charge in [-0.1, -0.05) is 0 Å². The van der Waals surface area contributed by atoms with Crippen LogP contribution in [0.1, 0.15) is 12.8 Å². The Kier molecular flexibility index (Phi) is 5.38. The van der Waals surface area contributed by atoms with E-state index in [-0.39, 0.29) is 29.7 Å². The van der Waals surface area contributed by atoms with Gasteiger partial charge in [0.1, 0.15) is 11.8 Å². The molecule has 0 spiro atoms. The summed E-state index contributed by atoms with van der Waals surface area (Å²) in [5, 5.41) is 0. The fraction of sp³-hybridized carbons (Fsp3) is 0.500. The number of nitrogen functional groups attached to an aromatic ring is 1. The van der Waals surface area contributed by atoms with Crippen LogP contribution in [-0.2, 0) is 9.53 Å². The molecular weight excluding hydrogens is 381 g/mol. The molecule has 2 aromatic rings. The molecule has 11 heteroatoms. The molecule has 0 atom stereocenters. The van der Waals surface area contributed by atoms with E-state index in [9.17, 15) is 4.79 Å². The number of halogens is 1. The van der Waals surface area contributed by atoms with Gasteiger partial charge in [-0.2, -0.15) is 9.37 Å². The van der Waals surface area contributed by atoms with Gasteiger partial charge >= 0.3 is 0 Å². The van der Waals surface area contributed by atoms with Crippen molar-refractivity contribution in [3.63, 3.8) is 0 Å². The van der Waals surface area contributed by atoms with Crippen LogP contribution in [0.15, 0.2) is 12.4 Å². The number of nitrogens with two attached hydrogens (primary N) is 1. The Morgan fingerprint density at radius 3 is 2.62 bits per heavy atom. The number of amides is 1. The monoisotopic (exact) mass is 403 g/mol. The second-order valence-electron chi connectivity index (χ2n) is 7.06. The molecule has 0 unspecified atom stereocenters. The molecule has 0 bridgehead atoms. The highest BCUT2D eigenvalue weighted by Gasteiger charge is 2.35. The number of carbonyl (C=O) groups is 1. The normalized spacial score (nSPS) is 21.4. The SMILES string of the molecule is CN(C=O)C1CC(Oc2nc(N3CCOCC3)nc(-c3cnc(N)nc3)c2F)C1. The zero-order valence-electron chi connectivity index (χ0n) is 16.0. The Hall–Kier alpha value is -3.08. The van der Waals surface area contributed by atoms with Crippen molar-refractivity contribution in [2.24, 2.45) is 0 Å².